The van der Waals surface area contributed by atoms with E-state index in [-0.39, 0.29) is 11.4 Å². The third-order valence-electron chi connectivity index (χ3n) is 2.45. The molecular weight excluding hydrogens is 282 g/mol. The average Bonchev–Trinajstić information content (AvgIpc) is 2.38. The number of hydrogen-bond acceptors (Lipinski definition) is 3. The van der Waals surface area contributed by atoms with E-state index in [2.05, 4.69) is 10.6 Å². The Balaban J connectivity index is 2.34. The second kappa shape index (κ2) is 8.02. The maximum absolute atomic E-state index is 11.5. The lowest BCUT2D eigenvalue weighted by Gasteiger charge is -2.08. The number of amides is 2. The minimum Gasteiger partial charge on any atom is -0.481 e. The van der Waals surface area contributed by atoms with E-state index in [9.17, 15) is 9.59 Å². The first-order valence-corrected chi connectivity index (χ1v) is 6.37. The van der Waals surface area contributed by atoms with Crippen LogP contribution in [0.5, 0.6) is 0 Å². The van der Waals surface area contributed by atoms with E-state index in [1.165, 1.54) is 12.1 Å². The van der Waals surface area contributed by atoms with Crippen LogP contribution in [0, 0.1) is 11.3 Å². The molecule has 0 bridgehead atoms. The minimum absolute atomic E-state index is 0.0918. The molecule has 0 heterocycles. The van der Waals surface area contributed by atoms with Crippen LogP contribution in [0.1, 0.15) is 24.8 Å². The van der Waals surface area contributed by atoms with Crippen LogP contribution in [0.2, 0.25) is 5.02 Å². The van der Waals surface area contributed by atoms with Crippen LogP contribution in [0.15, 0.2) is 18.2 Å². The number of aliphatic carboxylic acids is 1. The Kier molecular flexibility index (Phi) is 6.33. The van der Waals surface area contributed by atoms with Gasteiger partial charge in [0, 0.05) is 18.7 Å². The smallest absolute Gasteiger partial charge is 0.319 e. The van der Waals surface area contributed by atoms with Gasteiger partial charge in [0.25, 0.3) is 0 Å². The van der Waals surface area contributed by atoms with Gasteiger partial charge in [0.15, 0.2) is 0 Å². The standard InChI is InChI=1S/C13H14ClN3O3/c14-11-7-10(5-4-9(11)8-15)17-13(20)16-6-2-1-3-12(18)19/h4-5,7H,1-3,6H2,(H,18,19)(H2,16,17,20). The fourth-order valence-electron chi connectivity index (χ4n) is 1.46. The molecule has 0 spiro atoms. The van der Waals surface area contributed by atoms with Crippen molar-refractivity contribution in [2.24, 2.45) is 0 Å². The molecule has 0 radical (unpaired) electrons. The van der Waals surface area contributed by atoms with Gasteiger partial charge in [-0.2, -0.15) is 5.26 Å². The Hall–Kier alpha value is -2.26. The van der Waals surface area contributed by atoms with E-state index in [0.29, 0.717) is 30.6 Å². The first kappa shape index (κ1) is 15.8. The van der Waals surface area contributed by atoms with E-state index < -0.39 is 12.0 Å². The number of urea groups is 1. The van der Waals surface area contributed by atoms with Gasteiger partial charge in [0.05, 0.1) is 10.6 Å². The lowest BCUT2D eigenvalue weighted by atomic mass is 10.2. The number of nitriles is 1. The summed E-state index contributed by atoms with van der Waals surface area (Å²) in [5.41, 5.74) is 0.823. The van der Waals surface area contributed by atoms with E-state index >= 15 is 0 Å². The molecule has 106 valence electrons. The van der Waals surface area contributed by atoms with Crippen molar-refractivity contribution in [1.29, 1.82) is 5.26 Å². The Bertz CT molecular complexity index is 540. The lowest BCUT2D eigenvalue weighted by Crippen LogP contribution is -2.29. The number of carbonyl (C=O) groups is 2. The number of unbranched alkanes of at least 4 members (excludes halogenated alkanes) is 1. The molecule has 1 aromatic carbocycles. The summed E-state index contributed by atoms with van der Waals surface area (Å²) in [6.07, 6.45) is 1.20. The molecule has 0 fully saturated rings. The Labute approximate surface area is 121 Å². The number of carbonyl (C=O) groups excluding carboxylic acids is 1. The molecule has 0 aliphatic heterocycles. The zero-order chi connectivity index (χ0) is 15.0. The van der Waals surface area contributed by atoms with Gasteiger partial charge in [-0.1, -0.05) is 11.6 Å². The summed E-state index contributed by atoms with van der Waals surface area (Å²) >= 11 is 5.84. The van der Waals surface area contributed by atoms with Gasteiger partial charge in [0.2, 0.25) is 0 Å². The molecule has 1 rings (SSSR count). The number of halogens is 1. The zero-order valence-electron chi connectivity index (χ0n) is 10.6. The number of carboxylic acids is 1. The highest BCUT2D eigenvalue weighted by molar-refractivity contribution is 6.32. The molecule has 0 unspecified atom stereocenters. The summed E-state index contributed by atoms with van der Waals surface area (Å²) in [4.78, 5) is 21.8. The lowest BCUT2D eigenvalue weighted by molar-refractivity contribution is -0.137. The van der Waals surface area contributed by atoms with Gasteiger partial charge in [-0.25, -0.2) is 4.79 Å². The monoisotopic (exact) mass is 295 g/mol. The van der Waals surface area contributed by atoms with Gasteiger partial charge in [-0.3, -0.25) is 4.79 Å². The third-order valence-corrected chi connectivity index (χ3v) is 2.76. The molecule has 20 heavy (non-hydrogen) atoms. The average molecular weight is 296 g/mol. The Morgan fingerprint density at radius 1 is 1.35 bits per heavy atom. The summed E-state index contributed by atoms with van der Waals surface area (Å²) in [6, 6.07) is 6.11. The maximum atomic E-state index is 11.5. The molecule has 0 saturated carbocycles. The van der Waals surface area contributed by atoms with Crippen LogP contribution < -0.4 is 10.6 Å². The number of nitrogens with zero attached hydrogens (tertiary/aromatic N) is 1. The largest absolute Gasteiger partial charge is 0.481 e. The van der Waals surface area contributed by atoms with Crippen LogP contribution in [0.3, 0.4) is 0 Å². The van der Waals surface area contributed by atoms with Crippen molar-refractivity contribution in [2.45, 2.75) is 19.3 Å². The Morgan fingerprint density at radius 2 is 2.10 bits per heavy atom. The van der Waals surface area contributed by atoms with Gasteiger partial charge >= 0.3 is 12.0 Å². The summed E-state index contributed by atoms with van der Waals surface area (Å²) in [6.45, 7) is 0.392. The summed E-state index contributed by atoms with van der Waals surface area (Å²) < 4.78 is 0. The molecule has 0 aliphatic rings. The van der Waals surface area contributed by atoms with Crippen molar-refractivity contribution in [3.8, 4) is 6.07 Å². The normalized spacial score (nSPS) is 9.60. The van der Waals surface area contributed by atoms with Crippen LogP contribution in [-0.4, -0.2) is 23.7 Å². The van der Waals surface area contributed by atoms with Crippen LogP contribution in [-0.2, 0) is 4.79 Å². The molecule has 2 amide bonds. The molecular formula is C13H14ClN3O3. The Morgan fingerprint density at radius 3 is 2.70 bits per heavy atom. The van der Waals surface area contributed by atoms with Gasteiger partial charge in [-0.05, 0) is 31.0 Å². The molecule has 7 heteroatoms. The number of anilines is 1. The molecule has 3 N–H and O–H groups in total. The number of benzene rings is 1. The van der Waals surface area contributed by atoms with Crippen LogP contribution in [0.25, 0.3) is 0 Å². The number of rotatable bonds is 6. The summed E-state index contributed by atoms with van der Waals surface area (Å²) in [5.74, 6) is -0.846. The highest BCUT2D eigenvalue weighted by atomic mass is 35.5. The van der Waals surface area contributed by atoms with E-state index in [4.69, 9.17) is 22.0 Å². The first-order valence-electron chi connectivity index (χ1n) is 5.99. The third kappa shape index (κ3) is 5.59. The molecule has 0 aliphatic carbocycles. The second-order valence-corrected chi connectivity index (χ2v) is 4.45. The highest BCUT2D eigenvalue weighted by Crippen LogP contribution is 2.19. The van der Waals surface area contributed by atoms with Crippen molar-refractivity contribution >= 4 is 29.3 Å². The fourth-order valence-corrected chi connectivity index (χ4v) is 1.68. The summed E-state index contributed by atoms with van der Waals surface area (Å²) in [7, 11) is 0. The highest BCUT2D eigenvalue weighted by Gasteiger charge is 2.04. The van der Waals surface area contributed by atoms with E-state index in [1.807, 2.05) is 6.07 Å². The van der Waals surface area contributed by atoms with Crippen molar-refractivity contribution < 1.29 is 14.7 Å². The maximum Gasteiger partial charge on any atom is 0.319 e. The first-order chi connectivity index (χ1) is 9.52. The second-order valence-electron chi connectivity index (χ2n) is 4.04. The molecule has 6 nitrogen and oxygen atoms in total. The minimum atomic E-state index is -0.846. The van der Waals surface area contributed by atoms with Crippen LogP contribution >= 0.6 is 11.6 Å². The molecule has 0 saturated heterocycles. The topological polar surface area (TPSA) is 102 Å². The quantitative estimate of drug-likeness (QED) is 0.702. The van der Waals surface area contributed by atoms with Crippen molar-refractivity contribution in [2.75, 3.05) is 11.9 Å². The van der Waals surface area contributed by atoms with Crippen molar-refractivity contribution in [3.63, 3.8) is 0 Å². The number of carboxylic acid groups (broad SMARTS) is 1. The predicted octanol–water partition coefficient (Wildman–Crippen LogP) is 2.59. The van der Waals surface area contributed by atoms with Gasteiger partial charge in [0.1, 0.15) is 6.07 Å². The van der Waals surface area contributed by atoms with Gasteiger partial charge in [-0.15, -0.1) is 0 Å². The summed E-state index contributed by atoms with van der Waals surface area (Å²) in [5, 5.41) is 22.6. The molecule has 1 aromatic rings. The fraction of sp³-hybridized carbons (Fsp3) is 0.308. The van der Waals surface area contributed by atoms with Crippen molar-refractivity contribution in [3.05, 3.63) is 28.8 Å². The van der Waals surface area contributed by atoms with Crippen LogP contribution in [0.4, 0.5) is 10.5 Å². The van der Waals surface area contributed by atoms with E-state index in [1.54, 1.807) is 6.07 Å². The molecule has 0 aromatic heterocycles. The zero-order valence-corrected chi connectivity index (χ0v) is 11.4. The SMILES string of the molecule is N#Cc1ccc(NC(=O)NCCCCC(=O)O)cc1Cl. The van der Waals surface area contributed by atoms with Crippen molar-refractivity contribution in [1.82, 2.24) is 5.32 Å². The predicted molar refractivity (Wildman–Crippen MR) is 74.7 cm³/mol. The number of nitrogens with one attached hydrogen (secondary N) is 2. The number of hydrogen-bond donors (Lipinski definition) is 3. The van der Waals surface area contributed by atoms with E-state index in [0.717, 1.165) is 0 Å². The van der Waals surface area contributed by atoms with Gasteiger partial charge < -0.3 is 15.7 Å². The molecule has 0 atom stereocenters.